The second-order valence-electron chi connectivity index (χ2n) is 4.90. The van der Waals surface area contributed by atoms with Crippen molar-refractivity contribution in [1.82, 2.24) is 0 Å². The van der Waals surface area contributed by atoms with E-state index in [0.717, 1.165) is 37.7 Å². The second-order valence-corrected chi connectivity index (χ2v) is 4.90. The first kappa shape index (κ1) is 13.0. The maximum Gasteiger partial charge on any atom is 0.123 e. The zero-order valence-electron chi connectivity index (χ0n) is 10.7. The minimum Gasteiger partial charge on any atom is -0.234 e. The molecule has 0 N–H and O–H groups in total. The van der Waals surface area contributed by atoms with Crippen LogP contribution in [0.1, 0.15) is 52.9 Å². The van der Waals surface area contributed by atoms with Gasteiger partial charge in [-0.3, -0.25) is 0 Å². The van der Waals surface area contributed by atoms with Crippen LogP contribution >= 0.6 is 0 Å². The first-order valence-corrected chi connectivity index (χ1v) is 6.16. The molecule has 0 amide bonds. The van der Waals surface area contributed by atoms with Crippen molar-refractivity contribution in [3.8, 4) is 0 Å². The normalized spacial score (nSPS) is 22.8. The lowest BCUT2D eigenvalue weighted by Gasteiger charge is -2.15. The topological polar surface area (TPSA) is 17.1 Å². The standard InChI is InChI=1S/C15H22O/c1-12-5-4-6-13(2)8-10-15(9-7-12)14(3)11-16/h5,8,15H,4,6-7,9-10H2,1-3H3/t15-/m1/s1. The zero-order valence-corrected chi connectivity index (χ0v) is 10.7. The molecule has 0 heterocycles. The Hall–Kier alpha value is -1.07. The van der Waals surface area contributed by atoms with Gasteiger partial charge in [-0.15, -0.1) is 0 Å². The number of rotatable bonds is 1. The third kappa shape index (κ3) is 4.20. The largest absolute Gasteiger partial charge is 0.234 e. The molecular formula is C15H22O. The molecule has 1 aliphatic rings. The Labute approximate surface area is 98.9 Å². The quantitative estimate of drug-likeness (QED) is 0.475. The summed E-state index contributed by atoms with van der Waals surface area (Å²) < 4.78 is 0. The van der Waals surface area contributed by atoms with Crippen LogP contribution in [0.25, 0.3) is 0 Å². The van der Waals surface area contributed by atoms with E-state index < -0.39 is 0 Å². The van der Waals surface area contributed by atoms with E-state index in [0.29, 0.717) is 5.92 Å². The van der Waals surface area contributed by atoms with Gasteiger partial charge in [0, 0.05) is 5.57 Å². The van der Waals surface area contributed by atoms with Gasteiger partial charge in [-0.2, -0.15) is 0 Å². The molecule has 0 aromatic rings. The predicted molar refractivity (Wildman–Crippen MR) is 69.0 cm³/mol. The molecule has 0 aromatic heterocycles. The smallest absolute Gasteiger partial charge is 0.123 e. The minimum absolute atomic E-state index is 0.383. The van der Waals surface area contributed by atoms with Gasteiger partial charge < -0.3 is 0 Å². The molecule has 0 aromatic carbocycles. The van der Waals surface area contributed by atoms with E-state index in [1.54, 1.807) is 0 Å². The SMILES string of the molecule is CC(=C=O)[C@H]1CC=C(C)CCC=C(C)CC1. The molecule has 16 heavy (non-hydrogen) atoms. The van der Waals surface area contributed by atoms with Crippen molar-refractivity contribution in [2.24, 2.45) is 5.92 Å². The van der Waals surface area contributed by atoms with E-state index >= 15 is 0 Å². The Balaban J connectivity index is 2.79. The summed E-state index contributed by atoms with van der Waals surface area (Å²) in [7, 11) is 0. The highest BCUT2D eigenvalue weighted by Gasteiger charge is 2.11. The van der Waals surface area contributed by atoms with E-state index in [-0.39, 0.29) is 0 Å². The molecule has 0 fully saturated rings. The van der Waals surface area contributed by atoms with Crippen LogP contribution in [0.5, 0.6) is 0 Å². The third-order valence-electron chi connectivity index (χ3n) is 3.44. The molecule has 0 spiro atoms. The van der Waals surface area contributed by atoms with Crippen LogP contribution in [0.3, 0.4) is 0 Å². The third-order valence-corrected chi connectivity index (χ3v) is 3.44. The van der Waals surface area contributed by atoms with Gasteiger partial charge in [-0.25, -0.2) is 4.79 Å². The number of hydrogen-bond donors (Lipinski definition) is 0. The van der Waals surface area contributed by atoms with Gasteiger partial charge in [0.15, 0.2) is 0 Å². The monoisotopic (exact) mass is 218 g/mol. The molecule has 1 aliphatic carbocycles. The Morgan fingerprint density at radius 2 is 1.94 bits per heavy atom. The number of hydrogen-bond acceptors (Lipinski definition) is 1. The molecule has 0 saturated carbocycles. The van der Waals surface area contributed by atoms with Gasteiger partial charge in [0.1, 0.15) is 5.94 Å². The van der Waals surface area contributed by atoms with Crippen LogP contribution in [0, 0.1) is 5.92 Å². The van der Waals surface area contributed by atoms with Crippen LogP contribution in [0.2, 0.25) is 0 Å². The number of allylic oxidation sites excluding steroid dienone is 5. The van der Waals surface area contributed by atoms with E-state index in [1.165, 1.54) is 11.1 Å². The van der Waals surface area contributed by atoms with Gasteiger partial charge in [0.2, 0.25) is 0 Å². The van der Waals surface area contributed by atoms with Crippen LogP contribution in [-0.2, 0) is 4.79 Å². The maximum absolute atomic E-state index is 10.7. The van der Waals surface area contributed by atoms with Crippen molar-refractivity contribution in [3.05, 3.63) is 28.9 Å². The van der Waals surface area contributed by atoms with Crippen molar-refractivity contribution in [2.45, 2.75) is 52.9 Å². The highest BCUT2D eigenvalue weighted by atomic mass is 16.1. The average Bonchev–Trinajstić information content (AvgIpc) is 2.28. The summed E-state index contributed by atoms with van der Waals surface area (Å²) in [6.45, 7) is 6.28. The summed E-state index contributed by atoms with van der Waals surface area (Å²) in [4.78, 5) is 10.7. The van der Waals surface area contributed by atoms with Gasteiger partial charge >= 0.3 is 0 Å². The van der Waals surface area contributed by atoms with Gasteiger partial charge in [0.05, 0.1) is 0 Å². The van der Waals surface area contributed by atoms with Crippen LogP contribution in [-0.4, -0.2) is 5.94 Å². The fourth-order valence-corrected chi connectivity index (χ4v) is 2.09. The zero-order chi connectivity index (χ0) is 12.0. The summed E-state index contributed by atoms with van der Waals surface area (Å²) in [5.74, 6) is 2.45. The van der Waals surface area contributed by atoms with Crippen LogP contribution < -0.4 is 0 Å². The molecular weight excluding hydrogens is 196 g/mol. The van der Waals surface area contributed by atoms with Crippen molar-refractivity contribution in [3.63, 3.8) is 0 Å². The molecule has 0 unspecified atom stereocenters. The lowest BCUT2D eigenvalue weighted by atomic mass is 9.89. The fourth-order valence-electron chi connectivity index (χ4n) is 2.09. The Morgan fingerprint density at radius 3 is 2.62 bits per heavy atom. The molecule has 1 rings (SSSR count). The molecule has 0 bridgehead atoms. The van der Waals surface area contributed by atoms with Crippen LogP contribution in [0.15, 0.2) is 28.9 Å². The van der Waals surface area contributed by atoms with Crippen molar-refractivity contribution < 1.29 is 4.79 Å². The molecule has 0 aliphatic heterocycles. The molecule has 1 atom stereocenters. The second kappa shape index (κ2) is 6.50. The van der Waals surface area contributed by atoms with Gasteiger partial charge in [0.25, 0.3) is 0 Å². The number of carbonyl (C=O) groups excluding carboxylic acids is 1. The van der Waals surface area contributed by atoms with E-state index in [9.17, 15) is 4.79 Å². The first-order chi connectivity index (χ1) is 7.63. The van der Waals surface area contributed by atoms with Crippen molar-refractivity contribution in [1.29, 1.82) is 0 Å². The maximum atomic E-state index is 10.7. The summed E-state index contributed by atoms with van der Waals surface area (Å²) in [6, 6.07) is 0. The van der Waals surface area contributed by atoms with Crippen LogP contribution in [0.4, 0.5) is 0 Å². The molecule has 0 radical (unpaired) electrons. The summed E-state index contributed by atoms with van der Waals surface area (Å²) in [6.07, 6.45) is 10.1. The van der Waals surface area contributed by atoms with Crippen molar-refractivity contribution >= 4 is 5.94 Å². The highest BCUT2D eigenvalue weighted by molar-refractivity contribution is 5.52. The molecule has 88 valence electrons. The molecule has 1 nitrogen and oxygen atoms in total. The Bertz CT molecular complexity index is 340. The predicted octanol–water partition coefficient (Wildman–Crippen LogP) is 4.24. The van der Waals surface area contributed by atoms with Gasteiger partial charge in [-0.1, -0.05) is 23.3 Å². The first-order valence-electron chi connectivity index (χ1n) is 6.16. The molecule has 0 saturated heterocycles. The Morgan fingerprint density at radius 1 is 1.25 bits per heavy atom. The summed E-state index contributed by atoms with van der Waals surface area (Å²) >= 11 is 0. The molecule has 1 heteroatoms. The van der Waals surface area contributed by atoms with E-state index in [4.69, 9.17) is 0 Å². The van der Waals surface area contributed by atoms with E-state index in [2.05, 4.69) is 31.9 Å². The fraction of sp³-hybridized carbons (Fsp3) is 0.600. The lowest BCUT2D eigenvalue weighted by Crippen LogP contribution is -2.03. The van der Waals surface area contributed by atoms with E-state index in [1.807, 2.05) is 6.92 Å². The summed E-state index contributed by atoms with van der Waals surface area (Å²) in [5.41, 5.74) is 3.77. The van der Waals surface area contributed by atoms with Gasteiger partial charge in [-0.05, 0) is 58.8 Å². The lowest BCUT2D eigenvalue weighted by molar-refractivity contribution is 0.539. The Kier molecular flexibility index (Phi) is 5.28. The summed E-state index contributed by atoms with van der Waals surface area (Å²) in [5, 5.41) is 0. The minimum atomic E-state index is 0.383. The van der Waals surface area contributed by atoms with Crippen molar-refractivity contribution in [2.75, 3.05) is 0 Å². The highest BCUT2D eigenvalue weighted by Crippen LogP contribution is 2.24. The average molecular weight is 218 g/mol.